The molecule has 0 bridgehead atoms. The van der Waals surface area contributed by atoms with Crippen LogP contribution >= 0.6 is 11.6 Å². The van der Waals surface area contributed by atoms with Crippen molar-refractivity contribution in [2.24, 2.45) is 0 Å². The van der Waals surface area contributed by atoms with Crippen LogP contribution in [0.1, 0.15) is 22.0 Å². The van der Waals surface area contributed by atoms with E-state index in [9.17, 15) is 14.9 Å². The van der Waals surface area contributed by atoms with Crippen LogP contribution in [-0.4, -0.2) is 55.0 Å². The predicted octanol–water partition coefficient (Wildman–Crippen LogP) is 3.09. The van der Waals surface area contributed by atoms with Crippen LogP contribution in [0, 0.1) is 10.1 Å². The molecule has 1 heterocycles. The molecule has 0 spiro atoms. The van der Waals surface area contributed by atoms with Gasteiger partial charge in [-0.05, 0) is 11.6 Å². The normalized spacial score (nSPS) is 15.9. The topological polar surface area (TPSA) is 84.7 Å². The van der Waals surface area contributed by atoms with Gasteiger partial charge in [-0.3, -0.25) is 19.8 Å². The Labute approximate surface area is 168 Å². The van der Waals surface area contributed by atoms with E-state index in [1.54, 1.807) is 6.07 Å². The van der Waals surface area contributed by atoms with Gasteiger partial charge in [-0.1, -0.05) is 41.9 Å². The molecule has 2 aromatic carbocycles. The smallest absolute Gasteiger partial charge is 0.270 e. The number of hydrogen-bond donors (Lipinski definition) is 1. The molecule has 1 N–H and O–H groups in total. The maximum Gasteiger partial charge on any atom is 0.270 e. The number of halogens is 1. The molecule has 3 rings (SSSR count). The van der Waals surface area contributed by atoms with Crippen molar-refractivity contribution in [1.29, 1.82) is 0 Å². The van der Waals surface area contributed by atoms with Crippen LogP contribution in [0.4, 0.5) is 5.69 Å². The Morgan fingerprint density at radius 2 is 1.96 bits per heavy atom. The lowest BCUT2D eigenvalue weighted by Crippen LogP contribution is -2.43. The maximum absolute atomic E-state index is 12.4. The van der Waals surface area contributed by atoms with Gasteiger partial charge in [0.1, 0.15) is 0 Å². The molecule has 1 aliphatic rings. The largest absolute Gasteiger partial charge is 0.379 e. The number of morpholine rings is 1. The number of nitrogens with one attached hydrogen (secondary N) is 1. The summed E-state index contributed by atoms with van der Waals surface area (Å²) in [7, 11) is 0. The Balaban J connectivity index is 1.66. The zero-order valence-electron chi connectivity index (χ0n) is 15.3. The number of hydrogen-bond acceptors (Lipinski definition) is 6. The summed E-state index contributed by atoms with van der Waals surface area (Å²) >= 11 is 6.41. The highest BCUT2D eigenvalue weighted by molar-refractivity contribution is 6.31. The van der Waals surface area contributed by atoms with Crippen LogP contribution in [-0.2, 0) is 4.74 Å². The standard InChI is InChI=1S/C20H22ClN3O4/c21-18-7-2-1-6-17(18)19(23-8-10-28-11-9-23)13-22-14-20(25)15-4-3-5-16(12-15)24(26)27/h1-7,12,19,22H,8-11,13-14H2. The molecule has 1 atom stereocenters. The van der Waals surface area contributed by atoms with E-state index in [0.717, 1.165) is 18.7 Å². The van der Waals surface area contributed by atoms with E-state index in [2.05, 4.69) is 10.2 Å². The van der Waals surface area contributed by atoms with Gasteiger partial charge in [0, 0.05) is 48.4 Å². The van der Waals surface area contributed by atoms with Crippen molar-refractivity contribution in [1.82, 2.24) is 10.2 Å². The molecule has 0 aromatic heterocycles. The van der Waals surface area contributed by atoms with E-state index in [-0.39, 0.29) is 24.1 Å². The second-order valence-corrected chi connectivity index (χ2v) is 6.95. The number of carbonyl (C=O) groups is 1. The molecule has 0 saturated carbocycles. The average molecular weight is 404 g/mol. The third-order valence-electron chi connectivity index (χ3n) is 4.75. The van der Waals surface area contributed by atoms with Crippen LogP contribution in [0.2, 0.25) is 5.02 Å². The Bertz CT molecular complexity index is 840. The molecule has 0 amide bonds. The number of ether oxygens (including phenoxy) is 1. The first-order valence-corrected chi connectivity index (χ1v) is 9.48. The highest BCUT2D eigenvalue weighted by atomic mass is 35.5. The highest BCUT2D eigenvalue weighted by Crippen LogP contribution is 2.27. The summed E-state index contributed by atoms with van der Waals surface area (Å²) in [4.78, 5) is 25.1. The van der Waals surface area contributed by atoms with Crippen LogP contribution < -0.4 is 5.32 Å². The molecule has 28 heavy (non-hydrogen) atoms. The van der Waals surface area contributed by atoms with Crippen molar-refractivity contribution in [2.75, 3.05) is 39.4 Å². The number of nitro groups is 1. The molecule has 2 aromatic rings. The Morgan fingerprint density at radius 3 is 2.68 bits per heavy atom. The van der Waals surface area contributed by atoms with Gasteiger partial charge in [0.2, 0.25) is 0 Å². The van der Waals surface area contributed by atoms with Gasteiger partial charge in [-0.15, -0.1) is 0 Å². The molecular weight excluding hydrogens is 382 g/mol. The van der Waals surface area contributed by atoms with Gasteiger partial charge in [0.15, 0.2) is 5.78 Å². The van der Waals surface area contributed by atoms with E-state index >= 15 is 0 Å². The molecule has 1 aliphatic heterocycles. The van der Waals surface area contributed by atoms with Crippen molar-refractivity contribution in [3.05, 3.63) is 74.8 Å². The summed E-state index contributed by atoms with van der Waals surface area (Å²) < 4.78 is 5.44. The first kappa shape index (κ1) is 20.4. The average Bonchev–Trinajstić information content (AvgIpc) is 2.72. The molecule has 0 radical (unpaired) electrons. The highest BCUT2D eigenvalue weighted by Gasteiger charge is 2.24. The van der Waals surface area contributed by atoms with E-state index in [1.807, 2.05) is 24.3 Å². The van der Waals surface area contributed by atoms with E-state index in [4.69, 9.17) is 16.3 Å². The number of non-ortho nitro benzene ring substituents is 1. The number of benzene rings is 2. The van der Waals surface area contributed by atoms with Gasteiger partial charge in [-0.25, -0.2) is 0 Å². The molecule has 1 saturated heterocycles. The van der Waals surface area contributed by atoms with Gasteiger partial charge in [-0.2, -0.15) is 0 Å². The molecule has 148 valence electrons. The number of nitrogens with zero attached hydrogens (tertiary/aromatic N) is 2. The fourth-order valence-electron chi connectivity index (χ4n) is 3.29. The molecule has 1 unspecified atom stereocenters. The van der Waals surface area contributed by atoms with Crippen molar-refractivity contribution in [3.8, 4) is 0 Å². The zero-order chi connectivity index (χ0) is 19.9. The molecule has 1 fully saturated rings. The minimum atomic E-state index is -0.504. The fourth-order valence-corrected chi connectivity index (χ4v) is 3.55. The Hall–Kier alpha value is -2.32. The fraction of sp³-hybridized carbons (Fsp3) is 0.350. The Morgan fingerprint density at radius 1 is 1.21 bits per heavy atom. The first-order chi connectivity index (χ1) is 13.6. The van der Waals surface area contributed by atoms with Gasteiger partial charge in [0.25, 0.3) is 5.69 Å². The zero-order valence-corrected chi connectivity index (χ0v) is 16.1. The summed E-state index contributed by atoms with van der Waals surface area (Å²) in [5, 5.41) is 14.8. The van der Waals surface area contributed by atoms with Crippen molar-refractivity contribution in [2.45, 2.75) is 6.04 Å². The third-order valence-corrected chi connectivity index (χ3v) is 5.10. The van der Waals surface area contributed by atoms with Crippen LogP contribution in [0.5, 0.6) is 0 Å². The van der Waals surface area contributed by atoms with Crippen molar-refractivity contribution in [3.63, 3.8) is 0 Å². The van der Waals surface area contributed by atoms with Crippen LogP contribution in [0.3, 0.4) is 0 Å². The van der Waals surface area contributed by atoms with Gasteiger partial charge in [0.05, 0.1) is 24.7 Å². The van der Waals surface area contributed by atoms with Crippen molar-refractivity contribution >= 4 is 23.1 Å². The monoisotopic (exact) mass is 403 g/mol. The Kier molecular flexibility index (Phi) is 7.11. The molecule has 8 heteroatoms. The summed E-state index contributed by atoms with van der Waals surface area (Å²) in [6.45, 7) is 3.52. The molecule has 0 aliphatic carbocycles. The number of ketones is 1. The maximum atomic E-state index is 12.4. The summed E-state index contributed by atoms with van der Waals surface area (Å²) in [6, 6.07) is 13.5. The quantitative estimate of drug-likeness (QED) is 0.414. The van der Waals surface area contributed by atoms with Crippen molar-refractivity contribution < 1.29 is 14.5 Å². The first-order valence-electron chi connectivity index (χ1n) is 9.11. The van der Waals surface area contributed by atoms with Gasteiger partial charge >= 0.3 is 0 Å². The lowest BCUT2D eigenvalue weighted by atomic mass is 10.0. The van der Waals surface area contributed by atoms with Crippen LogP contribution in [0.25, 0.3) is 0 Å². The summed E-state index contributed by atoms with van der Waals surface area (Å²) in [5.74, 6) is -0.191. The number of rotatable bonds is 8. The third kappa shape index (κ3) is 5.14. The van der Waals surface area contributed by atoms with Gasteiger partial charge < -0.3 is 10.1 Å². The van der Waals surface area contributed by atoms with E-state index in [1.165, 1.54) is 18.2 Å². The van der Waals surface area contributed by atoms with E-state index < -0.39 is 4.92 Å². The molecular formula is C20H22ClN3O4. The number of Topliss-reactive ketones (excluding diaryl/α,β-unsaturated/α-hetero) is 1. The summed E-state index contributed by atoms with van der Waals surface area (Å²) in [6.07, 6.45) is 0. The van der Waals surface area contributed by atoms with E-state index in [0.29, 0.717) is 30.3 Å². The lowest BCUT2D eigenvalue weighted by Gasteiger charge is -2.35. The number of carbonyl (C=O) groups excluding carboxylic acids is 1. The lowest BCUT2D eigenvalue weighted by molar-refractivity contribution is -0.384. The minimum Gasteiger partial charge on any atom is -0.379 e. The second-order valence-electron chi connectivity index (χ2n) is 6.55. The number of nitro benzene ring substituents is 1. The SMILES string of the molecule is O=C(CNCC(c1ccccc1Cl)N1CCOCC1)c1cccc([N+](=O)[O-])c1. The molecule has 7 nitrogen and oxygen atoms in total. The predicted molar refractivity (Wildman–Crippen MR) is 107 cm³/mol. The minimum absolute atomic E-state index is 0.00973. The summed E-state index contributed by atoms with van der Waals surface area (Å²) in [5.41, 5.74) is 1.23. The second kappa shape index (κ2) is 9.75. The van der Waals surface area contributed by atoms with Crippen LogP contribution in [0.15, 0.2) is 48.5 Å².